The first-order valence-electron chi connectivity index (χ1n) is 7.17. The summed E-state index contributed by atoms with van der Waals surface area (Å²) in [6.45, 7) is 7.97. The van der Waals surface area contributed by atoms with E-state index in [0.29, 0.717) is 12.3 Å². The third kappa shape index (κ3) is 4.85. The van der Waals surface area contributed by atoms with Gasteiger partial charge in [0.2, 0.25) is 0 Å². The Kier molecular flexibility index (Phi) is 6.52. The smallest absolute Gasteiger partial charge is 0.261 e. The topological polar surface area (TPSA) is 58.6 Å². The molecule has 2 unspecified atom stereocenters. The van der Waals surface area contributed by atoms with Crippen molar-refractivity contribution >= 4 is 5.91 Å². The molecule has 0 saturated carbocycles. The molecule has 0 spiro atoms. The highest BCUT2D eigenvalue weighted by Gasteiger charge is 2.20. The second-order valence-corrected chi connectivity index (χ2v) is 5.30. The lowest BCUT2D eigenvalue weighted by atomic mass is 10.0. The van der Waals surface area contributed by atoms with Crippen LogP contribution in [-0.2, 0) is 4.79 Å². The van der Waals surface area contributed by atoms with Crippen molar-refractivity contribution in [2.24, 2.45) is 0 Å². The van der Waals surface area contributed by atoms with Gasteiger partial charge in [0, 0.05) is 6.54 Å². The molecule has 0 aliphatic rings. The van der Waals surface area contributed by atoms with E-state index in [1.54, 1.807) is 6.92 Å². The second kappa shape index (κ2) is 7.90. The van der Waals surface area contributed by atoms with Crippen LogP contribution in [0.2, 0.25) is 0 Å². The Labute approximate surface area is 121 Å². The molecule has 0 heterocycles. The van der Waals surface area contributed by atoms with Crippen LogP contribution in [0, 0.1) is 0 Å². The van der Waals surface area contributed by atoms with Crippen molar-refractivity contribution in [2.75, 3.05) is 6.54 Å². The number of hydrogen-bond donors (Lipinski definition) is 2. The summed E-state index contributed by atoms with van der Waals surface area (Å²) in [4.78, 5) is 12.0. The number of rotatable bonds is 7. The van der Waals surface area contributed by atoms with Crippen LogP contribution in [0.3, 0.4) is 0 Å². The summed E-state index contributed by atoms with van der Waals surface area (Å²) in [6.07, 6.45) is -0.508. The summed E-state index contributed by atoms with van der Waals surface area (Å²) in [7, 11) is 0. The SMILES string of the molecule is CCC(Oc1ccccc1C(C)C)C(=O)NCC(C)O. The van der Waals surface area contributed by atoms with Gasteiger partial charge in [0.1, 0.15) is 5.75 Å². The highest BCUT2D eigenvalue weighted by atomic mass is 16.5. The first-order valence-corrected chi connectivity index (χ1v) is 7.17. The number of hydrogen-bond acceptors (Lipinski definition) is 3. The summed E-state index contributed by atoms with van der Waals surface area (Å²) in [5.74, 6) is 0.901. The molecule has 4 heteroatoms. The van der Waals surface area contributed by atoms with Crippen molar-refractivity contribution in [3.8, 4) is 5.75 Å². The highest BCUT2D eigenvalue weighted by molar-refractivity contribution is 5.81. The summed E-state index contributed by atoms with van der Waals surface area (Å²) in [6, 6.07) is 7.78. The number of amides is 1. The Morgan fingerprint density at radius 3 is 2.50 bits per heavy atom. The zero-order chi connectivity index (χ0) is 15.1. The lowest BCUT2D eigenvalue weighted by Crippen LogP contribution is -2.41. The maximum atomic E-state index is 12.0. The number of carbonyl (C=O) groups is 1. The van der Waals surface area contributed by atoms with Gasteiger partial charge >= 0.3 is 0 Å². The molecule has 0 fully saturated rings. The quantitative estimate of drug-likeness (QED) is 0.806. The van der Waals surface area contributed by atoms with Crippen LogP contribution < -0.4 is 10.1 Å². The van der Waals surface area contributed by atoms with Gasteiger partial charge in [0.05, 0.1) is 6.10 Å². The fourth-order valence-electron chi connectivity index (χ4n) is 1.90. The molecule has 1 rings (SSSR count). The largest absolute Gasteiger partial charge is 0.480 e. The third-order valence-electron chi connectivity index (χ3n) is 3.05. The average molecular weight is 279 g/mol. The van der Waals surface area contributed by atoms with Gasteiger partial charge in [-0.3, -0.25) is 4.79 Å². The molecule has 2 N–H and O–H groups in total. The Morgan fingerprint density at radius 1 is 1.30 bits per heavy atom. The molecule has 0 bridgehead atoms. The number of nitrogens with one attached hydrogen (secondary N) is 1. The molecule has 0 aliphatic carbocycles. The van der Waals surface area contributed by atoms with Gasteiger partial charge in [0.15, 0.2) is 6.10 Å². The lowest BCUT2D eigenvalue weighted by molar-refractivity contribution is -0.128. The molecule has 4 nitrogen and oxygen atoms in total. The monoisotopic (exact) mass is 279 g/mol. The fourth-order valence-corrected chi connectivity index (χ4v) is 1.90. The summed E-state index contributed by atoms with van der Waals surface area (Å²) < 4.78 is 5.86. The minimum Gasteiger partial charge on any atom is -0.480 e. The molecule has 0 radical (unpaired) electrons. The van der Waals surface area contributed by atoms with E-state index < -0.39 is 12.2 Å². The van der Waals surface area contributed by atoms with Crippen molar-refractivity contribution in [1.29, 1.82) is 0 Å². The van der Waals surface area contributed by atoms with Crippen LogP contribution in [0.4, 0.5) is 0 Å². The van der Waals surface area contributed by atoms with Gasteiger partial charge in [0.25, 0.3) is 5.91 Å². The van der Waals surface area contributed by atoms with Gasteiger partial charge in [-0.2, -0.15) is 0 Å². The van der Waals surface area contributed by atoms with E-state index in [2.05, 4.69) is 19.2 Å². The molecule has 0 aliphatic heterocycles. The van der Waals surface area contributed by atoms with Crippen LogP contribution in [0.5, 0.6) is 5.75 Å². The summed E-state index contributed by atoms with van der Waals surface area (Å²) >= 11 is 0. The molecule has 112 valence electrons. The standard InChI is InChI=1S/C16H25NO3/c1-5-14(16(19)17-10-12(4)18)20-15-9-7-6-8-13(15)11(2)3/h6-9,11-12,14,18H,5,10H2,1-4H3,(H,17,19). The molecule has 1 amide bonds. The molecule has 2 atom stereocenters. The predicted octanol–water partition coefficient (Wildman–Crippen LogP) is 2.46. The number of ether oxygens (including phenoxy) is 1. The van der Waals surface area contributed by atoms with Crippen LogP contribution in [0.25, 0.3) is 0 Å². The Hall–Kier alpha value is -1.55. The van der Waals surface area contributed by atoms with Gasteiger partial charge in [-0.1, -0.05) is 39.0 Å². The zero-order valence-corrected chi connectivity index (χ0v) is 12.7. The van der Waals surface area contributed by atoms with Crippen molar-refractivity contribution in [3.05, 3.63) is 29.8 Å². The van der Waals surface area contributed by atoms with E-state index >= 15 is 0 Å². The fraction of sp³-hybridized carbons (Fsp3) is 0.562. The third-order valence-corrected chi connectivity index (χ3v) is 3.05. The maximum Gasteiger partial charge on any atom is 0.261 e. The van der Waals surface area contributed by atoms with Gasteiger partial charge in [-0.05, 0) is 30.9 Å². The molecular formula is C16H25NO3. The van der Waals surface area contributed by atoms with E-state index in [0.717, 1.165) is 11.3 Å². The highest BCUT2D eigenvalue weighted by Crippen LogP contribution is 2.27. The van der Waals surface area contributed by atoms with E-state index in [1.165, 1.54) is 0 Å². The van der Waals surface area contributed by atoms with Crippen LogP contribution in [0.15, 0.2) is 24.3 Å². The molecule has 1 aromatic rings. The first-order chi connectivity index (χ1) is 9.45. The van der Waals surface area contributed by atoms with Crippen molar-refractivity contribution < 1.29 is 14.6 Å². The van der Waals surface area contributed by atoms with Gasteiger partial charge < -0.3 is 15.2 Å². The zero-order valence-electron chi connectivity index (χ0n) is 12.7. The number of benzene rings is 1. The lowest BCUT2D eigenvalue weighted by Gasteiger charge is -2.20. The predicted molar refractivity (Wildman–Crippen MR) is 79.9 cm³/mol. The Morgan fingerprint density at radius 2 is 1.95 bits per heavy atom. The van der Waals surface area contributed by atoms with Crippen LogP contribution >= 0.6 is 0 Å². The van der Waals surface area contributed by atoms with E-state index in [9.17, 15) is 9.90 Å². The summed E-state index contributed by atoms with van der Waals surface area (Å²) in [5.41, 5.74) is 1.09. The number of aliphatic hydroxyl groups excluding tert-OH is 1. The second-order valence-electron chi connectivity index (χ2n) is 5.30. The molecular weight excluding hydrogens is 254 g/mol. The Bertz CT molecular complexity index is 429. The van der Waals surface area contributed by atoms with Crippen LogP contribution in [-0.4, -0.2) is 29.8 Å². The first kappa shape index (κ1) is 16.5. The molecule has 20 heavy (non-hydrogen) atoms. The Balaban J connectivity index is 2.76. The number of aliphatic hydroxyl groups is 1. The molecule has 0 saturated heterocycles. The maximum absolute atomic E-state index is 12.0. The number of carbonyl (C=O) groups excluding carboxylic acids is 1. The van der Waals surface area contributed by atoms with E-state index in [-0.39, 0.29) is 12.5 Å². The van der Waals surface area contributed by atoms with Gasteiger partial charge in [-0.15, -0.1) is 0 Å². The van der Waals surface area contributed by atoms with E-state index in [4.69, 9.17) is 4.74 Å². The minimum absolute atomic E-state index is 0.188. The molecule has 1 aromatic carbocycles. The van der Waals surface area contributed by atoms with Crippen LogP contribution in [0.1, 0.15) is 45.6 Å². The van der Waals surface area contributed by atoms with Crippen molar-refractivity contribution in [1.82, 2.24) is 5.32 Å². The van der Waals surface area contributed by atoms with Gasteiger partial charge in [-0.25, -0.2) is 0 Å². The molecule has 0 aromatic heterocycles. The normalized spacial score (nSPS) is 13.9. The van der Waals surface area contributed by atoms with E-state index in [1.807, 2.05) is 31.2 Å². The minimum atomic E-state index is -0.556. The average Bonchev–Trinajstić information content (AvgIpc) is 2.42. The van der Waals surface area contributed by atoms with Crippen molar-refractivity contribution in [3.63, 3.8) is 0 Å². The summed E-state index contributed by atoms with van der Waals surface area (Å²) in [5, 5.41) is 11.9. The van der Waals surface area contributed by atoms with Crippen molar-refractivity contribution in [2.45, 2.75) is 52.2 Å². The number of para-hydroxylation sites is 1.